The summed E-state index contributed by atoms with van der Waals surface area (Å²) in [7, 11) is 0. The van der Waals surface area contributed by atoms with Crippen LogP contribution in [-0.4, -0.2) is 40.4 Å². The van der Waals surface area contributed by atoms with Crippen LogP contribution in [0, 0.1) is 0 Å². The molecule has 122 valence electrons. The number of aliphatic hydroxyl groups excluding tert-OH is 1. The molecule has 1 amide bonds. The molecule has 0 aliphatic rings. The summed E-state index contributed by atoms with van der Waals surface area (Å²) in [5.74, 6) is 5.44. The number of nitrogens with two attached hydrogens (primary N) is 3. The van der Waals surface area contributed by atoms with Crippen LogP contribution in [0.2, 0.25) is 0 Å². The minimum Gasteiger partial charge on any atom is -0.398 e. The Balaban J connectivity index is 2.99. The van der Waals surface area contributed by atoms with Crippen LogP contribution in [0.1, 0.15) is 34.1 Å². The van der Waals surface area contributed by atoms with E-state index < -0.39 is 23.8 Å². The summed E-state index contributed by atoms with van der Waals surface area (Å²) < 4.78 is 0. The van der Waals surface area contributed by atoms with Gasteiger partial charge in [-0.15, -0.1) is 0 Å². The van der Waals surface area contributed by atoms with Crippen LogP contribution in [-0.2, 0) is 0 Å². The third-order valence-corrected chi connectivity index (χ3v) is 4.13. The van der Waals surface area contributed by atoms with Crippen LogP contribution < -0.4 is 22.7 Å². The van der Waals surface area contributed by atoms with E-state index in [0.717, 1.165) is 11.5 Å². The van der Waals surface area contributed by atoms with Crippen molar-refractivity contribution in [2.75, 3.05) is 17.2 Å². The first kappa shape index (κ1) is 18.4. The molecule has 0 radical (unpaired) electrons. The van der Waals surface area contributed by atoms with Crippen molar-refractivity contribution >= 4 is 29.1 Å². The molecule has 1 aromatic carbocycles. The minimum atomic E-state index is -1.42. The summed E-state index contributed by atoms with van der Waals surface area (Å²) in [6.45, 7) is 2.01. The minimum absolute atomic E-state index is 0.0154. The third kappa shape index (κ3) is 4.44. The van der Waals surface area contributed by atoms with Gasteiger partial charge in [0, 0.05) is 11.7 Å². The number of Topliss-reactive ketones (excluding diaryl/α,β-unsaturated/α-hetero) is 1. The predicted octanol–water partition coefficient (Wildman–Crippen LogP) is -0.114. The molecule has 22 heavy (non-hydrogen) atoms. The lowest BCUT2D eigenvalue weighted by atomic mass is 9.94. The van der Waals surface area contributed by atoms with Gasteiger partial charge in [-0.1, -0.05) is 13.0 Å². The average molecular weight is 326 g/mol. The largest absolute Gasteiger partial charge is 0.398 e. The summed E-state index contributed by atoms with van der Waals surface area (Å²) in [6.07, 6.45) is -0.942. The number of anilines is 1. The fourth-order valence-corrected chi connectivity index (χ4v) is 2.70. The number of carbonyl (C=O) groups excluding carboxylic acids is 2. The Bertz CT molecular complexity index is 539. The molecule has 0 heterocycles. The van der Waals surface area contributed by atoms with Crippen molar-refractivity contribution in [3.8, 4) is 0 Å². The van der Waals surface area contributed by atoms with Crippen LogP contribution in [0.3, 0.4) is 0 Å². The van der Waals surface area contributed by atoms with Gasteiger partial charge in [0.05, 0.1) is 11.1 Å². The van der Waals surface area contributed by atoms with Crippen molar-refractivity contribution in [1.82, 2.24) is 5.43 Å². The summed E-state index contributed by atoms with van der Waals surface area (Å²) in [5, 5.41) is 10.1. The van der Waals surface area contributed by atoms with Crippen LogP contribution in [0.25, 0.3) is 0 Å². The Kier molecular flexibility index (Phi) is 7.33. The monoisotopic (exact) mass is 326 g/mol. The zero-order valence-electron chi connectivity index (χ0n) is 12.4. The lowest BCUT2D eigenvalue weighted by Gasteiger charge is -2.19. The Morgan fingerprint density at radius 2 is 2.09 bits per heavy atom. The molecule has 1 aromatic rings. The fraction of sp³-hybridized carbons (Fsp3) is 0.429. The zero-order valence-corrected chi connectivity index (χ0v) is 13.2. The first-order valence-corrected chi connectivity index (χ1v) is 8.04. The van der Waals surface area contributed by atoms with Crippen molar-refractivity contribution < 1.29 is 14.7 Å². The van der Waals surface area contributed by atoms with Crippen LogP contribution in [0.15, 0.2) is 18.2 Å². The molecule has 0 saturated heterocycles. The number of benzene rings is 1. The van der Waals surface area contributed by atoms with Crippen LogP contribution in [0.5, 0.6) is 0 Å². The second-order valence-electron chi connectivity index (χ2n) is 4.70. The van der Waals surface area contributed by atoms with E-state index in [1.54, 1.807) is 11.8 Å². The van der Waals surface area contributed by atoms with Gasteiger partial charge in [0.2, 0.25) is 0 Å². The number of nitrogens with one attached hydrogen (secondary N) is 1. The normalized spacial score (nSPS) is 13.5. The first-order chi connectivity index (χ1) is 10.4. The highest BCUT2D eigenvalue weighted by molar-refractivity contribution is 7.99. The number of hydrazine groups is 1. The van der Waals surface area contributed by atoms with E-state index in [1.165, 1.54) is 18.2 Å². The summed E-state index contributed by atoms with van der Waals surface area (Å²) in [5.41, 5.74) is 13.6. The third-order valence-electron chi connectivity index (χ3n) is 3.19. The summed E-state index contributed by atoms with van der Waals surface area (Å²) in [4.78, 5) is 24.2. The summed E-state index contributed by atoms with van der Waals surface area (Å²) in [6, 6.07) is 3.70. The van der Waals surface area contributed by atoms with E-state index in [-0.39, 0.29) is 16.8 Å². The van der Waals surface area contributed by atoms with Gasteiger partial charge in [-0.25, -0.2) is 5.84 Å². The van der Waals surface area contributed by atoms with Crippen molar-refractivity contribution in [3.63, 3.8) is 0 Å². The van der Waals surface area contributed by atoms with Gasteiger partial charge in [-0.2, -0.15) is 11.8 Å². The molecule has 2 atom stereocenters. The Morgan fingerprint density at radius 1 is 1.41 bits per heavy atom. The molecule has 8 N–H and O–H groups in total. The number of carbonyl (C=O) groups is 2. The van der Waals surface area contributed by atoms with E-state index >= 15 is 0 Å². The van der Waals surface area contributed by atoms with Crippen molar-refractivity contribution in [2.45, 2.75) is 25.5 Å². The molecule has 0 spiro atoms. The highest BCUT2D eigenvalue weighted by Gasteiger charge is 2.28. The average Bonchev–Trinajstić information content (AvgIpc) is 2.52. The molecule has 1 unspecified atom stereocenters. The Hall–Kier alpha value is -1.61. The summed E-state index contributed by atoms with van der Waals surface area (Å²) >= 11 is 1.67. The molecule has 0 saturated carbocycles. The molecule has 1 rings (SSSR count). The highest BCUT2D eigenvalue weighted by Crippen LogP contribution is 2.20. The van der Waals surface area contributed by atoms with E-state index in [4.69, 9.17) is 17.3 Å². The number of amides is 1. The molecule has 0 aromatic heterocycles. The molecule has 0 fully saturated rings. The van der Waals surface area contributed by atoms with Gasteiger partial charge in [-0.3, -0.25) is 15.0 Å². The van der Waals surface area contributed by atoms with Crippen molar-refractivity contribution in [1.29, 1.82) is 0 Å². The molecular weight excluding hydrogens is 304 g/mol. The quantitative estimate of drug-likeness (QED) is 0.112. The van der Waals surface area contributed by atoms with Crippen molar-refractivity contribution in [2.24, 2.45) is 11.6 Å². The second-order valence-corrected chi connectivity index (χ2v) is 6.10. The maximum Gasteiger partial charge on any atom is 0.265 e. The molecule has 7 nitrogen and oxygen atoms in total. The Morgan fingerprint density at radius 3 is 2.68 bits per heavy atom. The van der Waals surface area contributed by atoms with Crippen molar-refractivity contribution in [3.05, 3.63) is 29.3 Å². The number of thioether (sulfide) groups is 1. The topological polar surface area (TPSA) is 144 Å². The van der Waals surface area contributed by atoms with Gasteiger partial charge in [0.15, 0.2) is 5.78 Å². The molecule has 8 heteroatoms. The van der Waals surface area contributed by atoms with E-state index in [1.807, 2.05) is 12.3 Å². The van der Waals surface area contributed by atoms with E-state index in [2.05, 4.69) is 0 Å². The highest BCUT2D eigenvalue weighted by atomic mass is 32.2. The maximum atomic E-state index is 12.4. The van der Waals surface area contributed by atoms with E-state index in [0.29, 0.717) is 6.42 Å². The van der Waals surface area contributed by atoms with Crippen LogP contribution in [0.4, 0.5) is 5.69 Å². The lowest BCUT2D eigenvalue weighted by Crippen LogP contribution is -2.42. The van der Waals surface area contributed by atoms with Gasteiger partial charge in [0.1, 0.15) is 6.10 Å². The van der Waals surface area contributed by atoms with Gasteiger partial charge >= 0.3 is 0 Å². The number of rotatable bonds is 8. The smallest absolute Gasteiger partial charge is 0.265 e. The molecule has 0 aliphatic heterocycles. The maximum absolute atomic E-state index is 12.4. The van der Waals surface area contributed by atoms with Crippen LogP contribution >= 0.6 is 11.8 Å². The predicted molar refractivity (Wildman–Crippen MR) is 88.4 cm³/mol. The zero-order chi connectivity index (χ0) is 16.7. The lowest BCUT2D eigenvalue weighted by molar-refractivity contribution is 0.0688. The molecule has 0 bridgehead atoms. The van der Waals surface area contributed by atoms with Gasteiger partial charge in [0.25, 0.3) is 5.91 Å². The number of ketones is 1. The fourth-order valence-electron chi connectivity index (χ4n) is 1.98. The first-order valence-electron chi connectivity index (χ1n) is 6.89. The number of aliphatic hydroxyl groups is 1. The second kappa shape index (κ2) is 8.74. The Labute approximate surface area is 133 Å². The molecule has 0 aliphatic carbocycles. The SMILES string of the molecule is CCSCC[C@@H](N)C(O)C(=O)c1c(N)cccc1C(=O)NN. The number of hydrogen-bond acceptors (Lipinski definition) is 7. The van der Waals surface area contributed by atoms with Gasteiger partial charge < -0.3 is 16.6 Å². The molecular formula is C14H22N4O3S. The van der Waals surface area contributed by atoms with E-state index in [9.17, 15) is 14.7 Å². The standard InChI is InChI=1S/C14H22N4O3S/c1-2-22-7-6-10(16)12(19)13(20)11-8(14(21)18-17)4-3-5-9(11)15/h3-5,10,12,19H,2,6-7,15-17H2,1H3,(H,18,21)/t10-,12?/m1/s1. The number of hydrogen-bond donors (Lipinski definition) is 5. The number of nitrogen functional groups attached to an aromatic ring is 2. The van der Waals surface area contributed by atoms with Gasteiger partial charge in [-0.05, 0) is 30.1 Å².